The number of carbonyl (C=O) groups excluding carboxylic acids is 1. The number of esters is 1. The van der Waals surface area contributed by atoms with Crippen molar-refractivity contribution in [2.45, 2.75) is 13.0 Å². The van der Waals surface area contributed by atoms with E-state index >= 15 is 0 Å². The summed E-state index contributed by atoms with van der Waals surface area (Å²) in [5.74, 6) is -0.542. The van der Waals surface area contributed by atoms with Crippen molar-refractivity contribution < 1.29 is 18.4 Å². The molecule has 2 N–H and O–H groups in total. The maximum absolute atomic E-state index is 12.6. The molecule has 152 valence electrons. The number of nitrogens with one attached hydrogen (secondary N) is 2. The van der Waals surface area contributed by atoms with Crippen molar-refractivity contribution in [3.63, 3.8) is 0 Å². The molecule has 0 spiro atoms. The molecule has 3 heterocycles. The van der Waals surface area contributed by atoms with E-state index in [1.807, 2.05) is 26.2 Å². The smallest absolute Gasteiger partial charge is 0.362 e. The summed E-state index contributed by atoms with van der Waals surface area (Å²) >= 11 is 0. The number of hydrazone groups is 1. The molecule has 0 saturated carbocycles. The van der Waals surface area contributed by atoms with Crippen LogP contribution in [0.1, 0.15) is 11.1 Å². The van der Waals surface area contributed by atoms with E-state index in [1.54, 1.807) is 6.26 Å². The average Bonchev–Trinajstić information content (AvgIpc) is 3.18. The van der Waals surface area contributed by atoms with Gasteiger partial charge in [0.05, 0.1) is 18.9 Å². The predicted molar refractivity (Wildman–Crippen MR) is 109 cm³/mol. The molecule has 0 bridgehead atoms. The Morgan fingerprint density at radius 2 is 2.21 bits per heavy atom. The molecule has 1 aliphatic rings. The van der Waals surface area contributed by atoms with Crippen LogP contribution in [0.4, 0.5) is 5.69 Å². The van der Waals surface area contributed by atoms with Crippen molar-refractivity contribution in [2.75, 3.05) is 39.7 Å². The van der Waals surface area contributed by atoms with Crippen molar-refractivity contribution in [2.24, 2.45) is 5.10 Å². The number of fused-ring (bicyclic) bond motifs is 4. The number of hydrogen-bond donors (Lipinski definition) is 2. The molecule has 0 aliphatic carbocycles. The highest BCUT2D eigenvalue weighted by molar-refractivity contribution is 6.37. The molecule has 0 amide bonds. The highest BCUT2D eigenvalue weighted by Gasteiger charge is 2.26. The molecule has 0 unspecified atom stereocenters. The van der Waals surface area contributed by atoms with Crippen LogP contribution in [-0.4, -0.2) is 50.9 Å². The lowest BCUT2D eigenvalue weighted by Crippen LogP contribution is -2.27. The molecule has 9 heteroatoms. The number of likely N-dealkylation sites (N-methyl/N-ethyl adjacent to an activating group) is 1. The number of hydrogen-bond acceptors (Lipinski definition) is 9. The first-order valence-corrected chi connectivity index (χ1v) is 9.24. The summed E-state index contributed by atoms with van der Waals surface area (Å²) in [7, 11) is 5.30. The van der Waals surface area contributed by atoms with Crippen LogP contribution in [0.2, 0.25) is 0 Å². The molecule has 9 nitrogen and oxygen atoms in total. The molecule has 0 radical (unpaired) electrons. The van der Waals surface area contributed by atoms with Crippen LogP contribution >= 0.6 is 0 Å². The minimum Gasteiger partial charge on any atom is -0.464 e. The van der Waals surface area contributed by atoms with Crippen LogP contribution < -0.4 is 16.4 Å². The second-order valence-corrected chi connectivity index (χ2v) is 7.13. The second kappa shape index (κ2) is 7.69. The minimum absolute atomic E-state index is 0.175. The van der Waals surface area contributed by atoms with E-state index in [0.29, 0.717) is 23.3 Å². The van der Waals surface area contributed by atoms with Crippen LogP contribution in [-0.2, 0) is 22.5 Å². The summed E-state index contributed by atoms with van der Waals surface area (Å²) in [5, 5.41) is 8.95. The summed E-state index contributed by atoms with van der Waals surface area (Å²) in [6.07, 6.45) is 1.78. The lowest BCUT2D eigenvalue weighted by Gasteiger charge is -2.18. The molecule has 0 atom stereocenters. The number of nitrogens with zero attached hydrogens (tertiary/aromatic N) is 2. The van der Waals surface area contributed by atoms with Crippen molar-refractivity contribution >= 4 is 39.3 Å². The Balaban J connectivity index is 1.83. The summed E-state index contributed by atoms with van der Waals surface area (Å²) in [5.41, 5.74) is 5.08. The Morgan fingerprint density at radius 3 is 2.97 bits per heavy atom. The van der Waals surface area contributed by atoms with E-state index in [-0.39, 0.29) is 17.8 Å². The predicted octanol–water partition coefficient (Wildman–Crippen LogP) is 1.69. The maximum Gasteiger partial charge on any atom is 0.362 e. The van der Waals surface area contributed by atoms with Crippen molar-refractivity contribution in [3.05, 3.63) is 39.9 Å². The number of rotatable bonds is 6. The first-order valence-electron chi connectivity index (χ1n) is 9.24. The largest absolute Gasteiger partial charge is 0.464 e. The normalized spacial score (nSPS) is 13.4. The van der Waals surface area contributed by atoms with Gasteiger partial charge in [0.25, 0.3) is 0 Å². The topological polar surface area (TPSA) is 109 Å². The van der Waals surface area contributed by atoms with Gasteiger partial charge in [0.1, 0.15) is 22.6 Å². The van der Waals surface area contributed by atoms with Crippen LogP contribution in [0, 0.1) is 0 Å². The van der Waals surface area contributed by atoms with Gasteiger partial charge in [-0.3, -0.25) is 5.43 Å². The lowest BCUT2D eigenvalue weighted by molar-refractivity contribution is -0.132. The zero-order valence-electron chi connectivity index (χ0n) is 16.5. The zero-order valence-corrected chi connectivity index (χ0v) is 16.5. The maximum atomic E-state index is 12.6. The van der Waals surface area contributed by atoms with Gasteiger partial charge in [-0.25, -0.2) is 9.59 Å². The van der Waals surface area contributed by atoms with E-state index < -0.39 is 11.6 Å². The van der Waals surface area contributed by atoms with Crippen LogP contribution in [0.15, 0.2) is 37.1 Å². The molecule has 4 rings (SSSR count). The van der Waals surface area contributed by atoms with Crippen molar-refractivity contribution in [3.8, 4) is 0 Å². The summed E-state index contributed by atoms with van der Waals surface area (Å²) in [4.78, 5) is 26.6. The van der Waals surface area contributed by atoms with Gasteiger partial charge in [-0.05, 0) is 26.2 Å². The number of methoxy groups -OCH3 is 1. The first kappa shape index (κ1) is 19.2. The van der Waals surface area contributed by atoms with Gasteiger partial charge in [-0.1, -0.05) is 0 Å². The monoisotopic (exact) mass is 398 g/mol. The Labute approximate surface area is 166 Å². The molecular weight excluding hydrogens is 376 g/mol. The highest BCUT2D eigenvalue weighted by Crippen LogP contribution is 2.34. The molecule has 0 saturated heterocycles. The molecule has 3 aromatic rings. The molecule has 1 aromatic carbocycles. The SMILES string of the molecule is COC(=O)C1=NNc2c(c3cc4ccoc4c(CNCCN(C)C)c3oc2=O)C1. The van der Waals surface area contributed by atoms with Gasteiger partial charge in [-0.2, -0.15) is 5.10 Å². The first-order chi connectivity index (χ1) is 14.0. The molecule has 1 aliphatic heterocycles. The second-order valence-electron chi connectivity index (χ2n) is 7.13. The fourth-order valence-corrected chi connectivity index (χ4v) is 3.45. The average molecular weight is 398 g/mol. The number of furan rings is 1. The third-order valence-corrected chi connectivity index (χ3v) is 4.92. The Bertz CT molecular complexity index is 1180. The quantitative estimate of drug-likeness (QED) is 0.367. The summed E-state index contributed by atoms with van der Waals surface area (Å²) in [6.45, 7) is 2.11. The third kappa shape index (κ3) is 3.50. The minimum atomic E-state index is -0.542. The van der Waals surface area contributed by atoms with Gasteiger partial charge < -0.3 is 23.8 Å². The van der Waals surface area contributed by atoms with E-state index in [2.05, 4.69) is 20.7 Å². The Morgan fingerprint density at radius 1 is 1.38 bits per heavy atom. The number of ether oxygens (including phenoxy) is 1. The van der Waals surface area contributed by atoms with Gasteiger partial charge in [0.15, 0.2) is 0 Å². The number of carbonyl (C=O) groups is 1. The molecular formula is C20H22N4O5. The van der Waals surface area contributed by atoms with Gasteiger partial charge in [0, 0.05) is 42.4 Å². The molecule has 2 aromatic heterocycles. The summed E-state index contributed by atoms with van der Waals surface area (Å²) < 4.78 is 16.1. The van der Waals surface area contributed by atoms with Gasteiger partial charge in [0.2, 0.25) is 0 Å². The Hall–Kier alpha value is -3.17. The molecule has 29 heavy (non-hydrogen) atoms. The van der Waals surface area contributed by atoms with Crippen LogP contribution in [0.25, 0.3) is 21.9 Å². The Kier molecular flexibility index (Phi) is 5.08. The van der Waals surface area contributed by atoms with E-state index in [1.165, 1.54) is 7.11 Å². The van der Waals surface area contributed by atoms with Gasteiger partial charge in [-0.15, -0.1) is 0 Å². The highest BCUT2D eigenvalue weighted by atomic mass is 16.5. The van der Waals surface area contributed by atoms with E-state index in [4.69, 9.17) is 13.6 Å². The number of anilines is 1. The fourth-order valence-electron chi connectivity index (χ4n) is 3.45. The van der Waals surface area contributed by atoms with E-state index in [9.17, 15) is 9.59 Å². The van der Waals surface area contributed by atoms with Crippen LogP contribution in [0.5, 0.6) is 0 Å². The molecule has 0 fully saturated rings. The van der Waals surface area contributed by atoms with Gasteiger partial charge >= 0.3 is 11.6 Å². The van der Waals surface area contributed by atoms with E-state index in [0.717, 1.165) is 29.4 Å². The number of benzene rings is 1. The zero-order chi connectivity index (χ0) is 20.5. The van der Waals surface area contributed by atoms with Crippen LogP contribution in [0.3, 0.4) is 0 Å². The standard InChI is InChI=1S/C20H22N4O5/c1-24(2)6-5-21-10-14-17-11(4-7-28-17)8-13-12-9-15(19(25)27-3)22-23-16(12)20(26)29-18(13)14/h4,7-8,21,23H,5-6,9-10H2,1-3H3. The third-order valence-electron chi connectivity index (χ3n) is 4.92. The lowest BCUT2D eigenvalue weighted by atomic mass is 9.98. The summed E-state index contributed by atoms with van der Waals surface area (Å²) in [6, 6.07) is 3.77. The fraction of sp³-hybridized carbons (Fsp3) is 0.350. The van der Waals surface area contributed by atoms with Crippen molar-refractivity contribution in [1.29, 1.82) is 0 Å². The van der Waals surface area contributed by atoms with Crippen molar-refractivity contribution in [1.82, 2.24) is 10.2 Å².